The van der Waals surface area contributed by atoms with Crippen molar-refractivity contribution in [3.63, 3.8) is 0 Å². The van der Waals surface area contributed by atoms with Gasteiger partial charge in [-0.2, -0.15) is 8.78 Å². The Hall–Kier alpha value is -2.26. The molecular formula is C18H17F2N3O2S2. The minimum absolute atomic E-state index is 0.413. The lowest BCUT2D eigenvalue weighted by Gasteiger charge is -2.10. The molecule has 142 valence electrons. The number of hydrogen-bond acceptors (Lipinski definition) is 6. The normalized spacial score (nSPS) is 11.1. The summed E-state index contributed by atoms with van der Waals surface area (Å²) in [4.78, 5) is 0.413. The Bertz CT molecular complexity index is 898. The molecule has 0 spiro atoms. The van der Waals surface area contributed by atoms with Gasteiger partial charge in [-0.05, 0) is 29.8 Å². The molecule has 27 heavy (non-hydrogen) atoms. The molecule has 0 radical (unpaired) electrons. The molecule has 0 fully saturated rings. The molecule has 0 aliphatic heterocycles. The average Bonchev–Trinajstić information content (AvgIpc) is 3.30. The predicted octanol–water partition coefficient (Wildman–Crippen LogP) is 5.34. The summed E-state index contributed by atoms with van der Waals surface area (Å²) in [6.07, 6.45) is 3.35. The Labute approximate surface area is 163 Å². The Kier molecular flexibility index (Phi) is 6.57. The molecular weight excluding hydrogens is 392 g/mol. The molecule has 0 atom stereocenters. The van der Waals surface area contributed by atoms with Crippen LogP contribution in [0.3, 0.4) is 0 Å². The fourth-order valence-electron chi connectivity index (χ4n) is 2.42. The molecule has 1 aromatic carbocycles. The number of ether oxygens (including phenoxy) is 1. The molecule has 9 heteroatoms. The van der Waals surface area contributed by atoms with E-state index in [9.17, 15) is 8.78 Å². The molecule has 0 saturated carbocycles. The molecule has 0 unspecified atom stereocenters. The van der Waals surface area contributed by atoms with Crippen LogP contribution in [0.2, 0.25) is 0 Å². The first-order valence-electron chi connectivity index (χ1n) is 7.95. The van der Waals surface area contributed by atoms with Crippen molar-refractivity contribution < 1.29 is 17.9 Å². The number of hydrogen-bond donors (Lipinski definition) is 0. The molecule has 2 heterocycles. The van der Waals surface area contributed by atoms with Crippen molar-refractivity contribution in [3.05, 3.63) is 54.8 Å². The lowest BCUT2D eigenvalue weighted by atomic mass is 10.2. The monoisotopic (exact) mass is 409 g/mol. The first-order chi connectivity index (χ1) is 13.1. The van der Waals surface area contributed by atoms with Gasteiger partial charge in [-0.15, -0.1) is 16.8 Å². The zero-order valence-electron chi connectivity index (χ0n) is 14.5. The van der Waals surface area contributed by atoms with Crippen LogP contribution in [0.15, 0.2) is 63.7 Å². The van der Waals surface area contributed by atoms with Gasteiger partial charge in [0.05, 0.1) is 18.3 Å². The van der Waals surface area contributed by atoms with Crippen LogP contribution in [-0.2, 0) is 12.3 Å². The molecule has 2 aromatic heterocycles. The Morgan fingerprint density at radius 2 is 2.19 bits per heavy atom. The van der Waals surface area contributed by atoms with Gasteiger partial charge >= 0.3 is 0 Å². The van der Waals surface area contributed by atoms with Crippen LogP contribution >= 0.6 is 23.5 Å². The summed E-state index contributed by atoms with van der Waals surface area (Å²) in [6.45, 7) is 4.32. The fourth-order valence-corrected chi connectivity index (χ4v) is 3.91. The van der Waals surface area contributed by atoms with Crippen molar-refractivity contribution in [2.24, 2.45) is 0 Å². The fraction of sp³-hybridized carbons (Fsp3) is 0.222. The molecule has 0 N–H and O–H groups in total. The first-order valence-corrected chi connectivity index (χ1v) is 9.81. The van der Waals surface area contributed by atoms with E-state index in [-0.39, 0.29) is 0 Å². The van der Waals surface area contributed by atoms with Gasteiger partial charge in [0, 0.05) is 12.3 Å². The summed E-state index contributed by atoms with van der Waals surface area (Å²) in [5, 5.41) is 9.16. The van der Waals surface area contributed by atoms with Crippen LogP contribution in [0.25, 0.3) is 11.6 Å². The van der Waals surface area contributed by atoms with Gasteiger partial charge in [0.25, 0.3) is 5.76 Å². The maximum atomic E-state index is 12.6. The van der Waals surface area contributed by atoms with Crippen LogP contribution in [0.5, 0.6) is 5.75 Å². The van der Waals surface area contributed by atoms with Gasteiger partial charge in [-0.3, -0.25) is 4.57 Å². The Balaban J connectivity index is 1.78. The van der Waals surface area contributed by atoms with Crippen molar-refractivity contribution in [1.82, 2.24) is 14.8 Å². The van der Waals surface area contributed by atoms with E-state index < -0.39 is 5.76 Å². The maximum Gasteiger partial charge on any atom is 0.289 e. The lowest BCUT2D eigenvalue weighted by molar-refractivity contribution is 0.251. The first kappa shape index (κ1) is 19.5. The van der Waals surface area contributed by atoms with E-state index in [2.05, 4.69) is 16.8 Å². The minimum atomic E-state index is -2.49. The highest BCUT2D eigenvalue weighted by Gasteiger charge is 2.16. The second kappa shape index (κ2) is 9.09. The van der Waals surface area contributed by atoms with E-state index in [0.29, 0.717) is 51.4 Å². The number of methoxy groups -OCH3 is 1. The summed E-state index contributed by atoms with van der Waals surface area (Å²) in [7, 11) is 1.47. The predicted molar refractivity (Wildman–Crippen MR) is 102 cm³/mol. The molecule has 0 amide bonds. The van der Waals surface area contributed by atoms with E-state index >= 15 is 0 Å². The molecule has 0 bridgehead atoms. The largest absolute Gasteiger partial charge is 0.496 e. The number of halogens is 2. The van der Waals surface area contributed by atoms with E-state index in [1.807, 2.05) is 16.7 Å². The highest BCUT2D eigenvalue weighted by atomic mass is 32.2. The number of aromatic nitrogens is 3. The van der Waals surface area contributed by atoms with Crippen molar-refractivity contribution in [3.8, 4) is 17.3 Å². The number of allylic oxidation sites excluding steroid dienone is 1. The van der Waals surface area contributed by atoms with Gasteiger partial charge in [0.2, 0.25) is 5.82 Å². The van der Waals surface area contributed by atoms with Crippen molar-refractivity contribution in [2.45, 2.75) is 28.1 Å². The van der Waals surface area contributed by atoms with Gasteiger partial charge < -0.3 is 9.15 Å². The number of furan rings is 1. The number of benzene rings is 1. The van der Waals surface area contributed by atoms with Crippen LogP contribution in [0.1, 0.15) is 5.56 Å². The standard InChI is InChI=1S/C18H17F2N3O2S2/c1-3-8-23-16(13-5-4-9-25-13)21-22-18(23)26-11-12-6-7-15(27-17(19)20)14(10-12)24-2/h3-7,9-10,17H,1,8,11H2,2H3. The molecule has 5 nitrogen and oxygen atoms in total. The van der Waals surface area contributed by atoms with Gasteiger partial charge in [-0.1, -0.05) is 35.7 Å². The summed E-state index contributed by atoms with van der Waals surface area (Å²) in [5.41, 5.74) is 0.933. The van der Waals surface area contributed by atoms with E-state index in [1.165, 1.54) is 18.9 Å². The highest BCUT2D eigenvalue weighted by molar-refractivity contribution is 7.99. The Morgan fingerprint density at radius 1 is 1.33 bits per heavy atom. The van der Waals surface area contributed by atoms with Gasteiger partial charge in [0.1, 0.15) is 5.75 Å². The minimum Gasteiger partial charge on any atom is -0.496 e. The molecule has 0 aliphatic rings. The quantitative estimate of drug-likeness (QED) is 0.351. The molecule has 3 aromatic rings. The summed E-state index contributed by atoms with van der Waals surface area (Å²) in [5.74, 6) is -0.211. The molecule has 0 saturated heterocycles. The highest BCUT2D eigenvalue weighted by Crippen LogP contribution is 2.35. The maximum absolute atomic E-state index is 12.6. The van der Waals surface area contributed by atoms with E-state index in [0.717, 1.165) is 5.56 Å². The lowest BCUT2D eigenvalue weighted by Crippen LogP contribution is -2.00. The second-order valence-electron chi connectivity index (χ2n) is 5.34. The Morgan fingerprint density at radius 3 is 2.85 bits per heavy atom. The van der Waals surface area contributed by atoms with Gasteiger partial charge in [0.15, 0.2) is 10.9 Å². The molecule has 3 rings (SSSR count). The number of alkyl halides is 2. The van der Waals surface area contributed by atoms with Crippen molar-refractivity contribution in [1.29, 1.82) is 0 Å². The van der Waals surface area contributed by atoms with Crippen LogP contribution in [0.4, 0.5) is 8.78 Å². The third-order valence-corrected chi connectivity index (χ3v) is 5.39. The summed E-state index contributed by atoms with van der Waals surface area (Å²) < 4.78 is 37.8. The SMILES string of the molecule is C=CCn1c(SCc2ccc(SC(F)F)c(OC)c2)nnc1-c1ccco1. The van der Waals surface area contributed by atoms with E-state index in [1.54, 1.807) is 30.5 Å². The molecule has 0 aliphatic carbocycles. The number of nitrogens with zero attached hydrogens (tertiary/aromatic N) is 3. The van der Waals surface area contributed by atoms with Gasteiger partial charge in [-0.25, -0.2) is 0 Å². The summed E-state index contributed by atoms with van der Waals surface area (Å²) >= 11 is 1.96. The second-order valence-corrected chi connectivity index (χ2v) is 7.31. The van der Waals surface area contributed by atoms with Crippen molar-refractivity contribution in [2.75, 3.05) is 7.11 Å². The van der Waals surface area contributed by atoms with E-state index in [4.69, 9.17) is 9.15 Å². The third-order valence-electron chi connectivity index (χ3n) is 3.58. The van der Waals surface area contributed by atoms with Crippen LogP contribution in [0, 0.1) is 0 Å². The topological polar surface area (TPSA) is 53.1 Å². The van der Waals surface area contributed by atoms with Crippen LogP contribution < -0.4 is 4.74 Å². The number of thioether (sulfide) groups is 2. The average molecular weight is 409 g/mol. The smallest absolute Gasteiger partial charge is 0.289 e. The van der Waals surface area contributed by atoms with Crippen LogP contribution in [-0.4, -0.2) is 27.6 Å². The third kappa shape index (κ3) is 4.72. The zero-order valence-corrected chi connectivity index (χ0v) is 16.1. The zero-order chi connectivity index (χ0) is 19.2. The van der Waals surface area contributed by atoms with Crippen molar-refractivity contribution >= 4 is 23.5 Å². The number of rotatable bonds is 9. The summed E-state index contributed by atoms with van der Waals surface area (Å²) in [6, 6.07) is 8.83.